The highest BCUT2D eigenvalue weighted by molar-refractivity contribution is 5.94. The van der Waals surface area contributed by atoms with Crippen LogP contribution in [0.5, 0.6) is 0 Å². The standard InChI is InChI=1S/C16H18N2O5/c1-9-4-7-14(23-9)13(8-22-3)18-15(19)12-6-5-11(16(20)21)10(2)17-12/h4-7,13H,8H2,1-3H3,(H,18,19)(H,20,21). The molecule has 7 heteroatoms. The molecule has 0 aliphatic carbocycles. The van der Waals surface area contributed by atoms with Gasteiger partial charge in [-0.3, -0.25) is 4.79 Å². The van der Waals surface area contributed by atoms with E-state index in [-0.39, 0.29) is 23.6 Å². The van der Waals surface area contributed by atoms with E-state index in [4.69, 9.17) is 14.3 Å². The largest absolute Gasteiger partial charge is 0.478 e. The van der Waals surface area contributed by atoms with Gasteiger partial charge in [-0.15, -0.1) is 0 Å². The summed E-state index contributed by atoms with van der Waals surface area (Å²) in [6.45, 7) is 3.60. The highest BCUT2D eigenvalue weighted by Crippen LogP contribution is 2.17. The summed E-state index contributed by atoms with van der Waals surface area (Å²) < 4.78 is 10.6. The third kappa shape index (κ3) is 3.95. The molecule has 0 aromatic carbocycles. The molecule has 1 atom stereocenters. The average Bonchev–Trinajstić information content (AvgIpc) is 2.92. The molecule has 2 aromatic heterocycles. The zero-order chi connectivity index (χ0) is 17.0. The predicted octanol–water partition coefficient (Wildman–Crippen LogP) is 2.11. The topological polar surface area (TPSA) is 102 Å². The molecule has 0 saturated heterocycles. The molecule has 0 spiro atoms. The highest BCUT2D eigenvalue weighted by atomic mass is 16.5. The first-order chi connectivity index (χ1) is 10.9. The minimum Gasteiger partial charge on any atom is -0.478 e. The summed E-state index contributed by atoms with van der Waals surface area (Å²) in [5, 5.41) is 11.8. The third-order valence-electron chi connectivity index (χ3n) is 3.29. The van der Waals surface area contributed by atoms with E-state index in [1.54, 1.807) is 19.1 Å². The lowest BCUT2D eigenvalue weighted by atomic mass is 10.1. The van der Waals surface area contributed by atoms with Gasteiger partial charge in [0.1, 0.15) is 23.3 Å². The lowest BCUT2D eigenvalue weighted by Crippen LogP contribution is -2.31. The van der Waals surface area contributed by atoms with Gasteiger partial charge in [-0.2, -0.15) is 0 Å². The monoisotopic (exact) mass is 318 g/mol. The molecule has 2 heterocycles. The fraction of sp³-hybridized carbons (Fsp3) is 0.312. The Morgan fingerprint density at radius 2 is 2.04 bits per heavy atom. The smallest absolute Gasteiger partial charge is 0.337 e. The minimum absolute atomic E-state index is 0.0663. The third-order valence-corrected chi connectivity index (χ3v) is 3.29. The summed E-state index contributed by atoms with van der Waals surface area (Å²) in [6, 6.07) is 5.85. The summed E-state index contributed by atoms with van der Waals surface area (Å²) in [5.41, 5.74) is 0.482. The average molecular weight is 318 g/mol. The number of hydrogen-bond donors (Lipinski definition) is 2. The van der Waals surface area contributed by atoms with Crippen LogP contribution in [0, 0.1) is 13.8 Å². The van der Waals surface area contributed by atoms with Crippen molar-refractivity contribution in [2.75, 3.05) is 13.7 Å². The van der Waals surface area contributed by atoms with Crippen LogP contribution >= 0.6 is 0 Å². The summed E-state index contributed by atoms with van der Waals surface area (Å²) in [5.74, 6) is -0.196. The Labute approximate surface area is 133 Å². The number of hydrogen-bond acceptors (Lipinski definition) is 5. The van der Waals surface area contributed by atoms with Gasteiger partial charge in [-0.1, -0.05) is 0 Å². The van der Waals surface area contributed by atoms with E-state index in [9.17, 15) is 9.59 Å². The zero-order valence-electron chi connectivity index (χ0n) is 13.1. The van der Waals surface area contributed by atoms with Crippen LogP contribution in [0.1, 0.15) is 44.1 Å². The maximum atomic E-state index is 12.3. The first-order valence-corrected chi connectivity index (χ1v) is 6.99. The number of carboxylic acids is 1. The lowest BCUT2D eigenvalue weighted by molar-refractivity contribution is 0.0694. The molecule has 0 saturated carbocycles. The molecule has 23 heavy (non-hydrogen) atoms. The number of ether oxygens (including phenoxy) is 1. The van der Waals surface area contributed by atoms with E-state index in [1.165, 1.54) is 19.2 Å². The van der Waals surface area contributed by atoms with Gasteiger partial charge in [0.25, 0.3) is 5.91 Å². The summed E-state index contributed by atoms with van der Waals surface area (Å²) in [6.07, 6.45) is 0. The second-order valence-electron chi connectivity index (χ2n) is 5.06. The zero-order valence-corrected chi connectivity index (χ0v) is 13.1. The van der Waals surface area contributed by atoms with Crippen molar-refractivity contribution in [2.45, 2.75) is 19.9 Å². The van der Waals surface area contributed by atoms with E-state index < -0.39 is 17.9 Å². The molecule has 2 aromatic rings. The van der Waals surface area contributed by atoms with Gasteiger partial charge in [-0.25, -0.2) is 9.78 Å². The Balaban J connectivity index is 2.18. The van der Waals surface area contributed by atoms with Crippen LogP contribution < -0.4 is 5.32 Å². The van der Waals surface area contributed by atoms with Gasteiger partial charge >= 0.3 is 5.97 Å². The second-order valence-corrected chi connectivity index (χ2v) is 5.06. The van der Waals surface area contributed by atoms with Crippen molar-refractivity contribution in [1.82, 2.24) is 10.3 Å². The molecule has 0 bridgehead atoms. The predicted molar refractivity (Wildman–Crippen MR) is 81.5 cm³/mol. The molecule has 7 nitrogen and oxygen atoms in total. The Morgan fingerprint density at radius 3 is 2.57 bits per heavy atom. The number of pyridine rings is 1. The van der Waals surface area contributed by atoms with Crippen LogP contribution in [0.4, 0.5) is 0 Å². The van der Waals surface area contributed by atoms with Gasteiger partial charge < -0.3 is 19.6 Å². The molecule has 0 aliphatic rings. The number of carbonyl (C=O) groups excluding carboxylic acids is 1. The van der Waals surface area contributed by atoms with Crippen molar-refractivity contribution in [3.05, 3.63) is 52.7 Å². The molecule has 1 amide bonds. The molecule has 2 rings (SSSR count). The number of amides is 1. The fourth-order valence-corrected chi connectivity index (χ4v) is 2.15. The van der Waals surface area contributed by atoms with Crippen molar-refractivity contribution in [1.29, 1.82) is 0 Å². The first-order valence-electron chi connectivity index (χ1n) is 6.99. The fourth-order valence-electron chi connectivity index (χ4n) is 2.15. The lowest BCUT2D eigenvalue weighted by Gasteiger charge is -2.16. The molecular formula is C16H18N2O5. The molecule has 0 aliphatic heterocycles. The van der Waals surface area contributed by atoms with Crippen molar-refractivity contribution >= 4 is 11.9 Å². The number of rotatable bonds is 6. The number of aryl methyl sites for hydroxylation is 2. The Hall–Kier alpha value is -2.67. The SMILES string of the molecule is COCC(NC(=O)c1ccc(C(=O)O)c(C)n1)c1ccc(C)o1. The van der Waals surface area contributed by atoms with E-state index in [0.717, 1.165) is 5.76 Å². The van der Waals surface area contributed by atoms with Gasteiger partial charge in [0.2, 0.25) is 0 Å². The molecule has 0 radical (unpaired) electrons. The Kier molecular flexibility index (Phi) is 5.13. The first kappa shape index (κ1) is 16.7. The van der Waals surface area contributed by atoms with Gasteiger partial charge in [0, 0.05) is 7.11 Å². The van der Waals surface area contributed by atoms with Crippen molar-refractivity contribution in [3.8, 4) is 0 Å². The summed E-state index contributed by atoms with van der Waals surface area (Å²) in [7, 11) is 1.53. The second kappa shape index (κ2) is 7.06. The number of carbonyl (C=O) groups is 2. The van der Waals surface area contributed by atoms with Crippen LogP contribution in [-0.4, -0.2) is 35.7 Å². The van der Waals surface area contributed by atoms with Crippen LogP contribution in [0.25, 0.3) is 0 Å². The number of aromatic nitrogens is 1. The summed E-state index contributed by atoms with van der Waals surface area (Å²) >= 11 is 0. The van der Waals surface area contributed by atoms with Crippen LogP contribution in [0.2, 0.25) is 0 Å². The quantitative estimate of drug-likeness (QED) is 0.846. The van der Waals surface area contributed by atoms with E-state index in [1.807, 2.05) is 6.92 Å². The number of carboxylic acid groups (broad SMARTS) is 1. The summed E-state index contributed by atoms with van der Waals surface area (Å²) in [4.78, 5) is 27.4. The van der Waals surface area contributed by atoms with Crippen LogP contribution in [0.3, 0.4) is 0 Å². The molecular weight excluding hydrogens is 300 g/mol. The van der Waals surface area contributed by atoms with E-state index in [2.05, 4.69) is 10.3 Å². The molecule has 2 N–H and O–H groups in total. The molecule has 122 valence electrons. The maximum Gasteiger partial charge on any atom is 0.337 e. The van der Waals surface area contributed by atoms with Crippen LogP contribution in [0.15, 0.2) is 28.7 Å². The van der Waals surface area contributed by atoms with Gasteiger partial charge in [0.15, 0.2) is 0 Å². The number of nitrogens with one attached hydrogen (secondary N) is 1. The van der Waals surface area contributed by atoms with Crippen molar-refractivity contribution < 1.29 is 23.8 Å². The van der Waals surface area contributed by atoms with Crippen molar-refractivity contribution in [3.63, 3.8) is 0 Å². The number of nitrogens with zero attached hydrogens (tertiary/aromatic N) is 1. The Morgan fingerprint density at radius 1 is 1.30 bits per heavy atom. The van der Waals surface area contributed by atoms with E-state index >= 15 is 0 Å². The molecule has 1 unspecified atom stereocenters. The number of furan rings is 1. The maximum absolute atomic E-state index is 12.3. The Bertz CT molecular complexity index is 723. The number of methoxy groups -OCH3 is 1. The van der Waals surface area contributed by atoms with Crippen LogP contribution in [-0.2, 0) is 4.74 Å². The number of aromatic carboxylic acids is 1. The highest BCUT2D eigenvalue weighted by Gasteiger charge is 2.20. The molecule has 0 fully saturated rings. The minimum atomic E-state index is -1.08. The van der Waals surface area contributed by atoms with Gasteiger partial charge in [-0.05, 0) is 38.1 Å². The van der Waals surface area contributed by atoms with Crippen molar-refractivity contribution in [2.24, 2.45) is 0 Å². The van der Waals surface area contributed by atoms with E-state index in [0.29, 0.717) is 5.76 Å². The van der Waals surface area contributed by atoms with Gasteiger partial charge in [0.05, 0.1) is 17.9 Å². The normalized spacial score (nSPS) is 12.0.